The molecule has 0 atom stereocenters. The van der Waals surface area contributed by atoms with E-state index in [1.54, 1.807) is 11.9 Å². The molecule has 0 radical (unpaired) electrons. The van der Waals surface area contributed by atoms with Crippen molar-refractivity contribution in [2.24, 2.45) is 0 Å². The summed E-state index contributed by atoms with van der Waals surface area (Å²) in [7, 11) is 1.78. The maximum absolute atomic E-state index is 11.6. The molecule has 1 amide bonds. The Bertz CT molecular complexity index is 646. The molecule has 5 nitrogen and oxygen atoms in total. The number of nitrogens with zero attached hydrogens (tertiary/aromatic N) is 2. The molecule has 1 aliphatic rings. The molecule has 2 N–H and O–H groups in total. The topological polar surface area (TPSA) is 72.4 Å². The molecule has 5 heteroatoms. The largest absolute Gasteiger partial charge is 0.429 e. The number of aryl methyl sites for hydroxylation is 1. The number of benzene rings is 1. The number of hydrogen-bond donors (Lipinski definition) is 1. The highest BCUT2D eigenvalue weighted by molar-refractivity contribution is 6.01. The highest BCUT2D eigenvalue weighted by Crippen LogP contribution is 2.33. The van der Waals surface area contributed by atoms with Gasteiger partial charge in [-0.3, -0.25) is 4.79 Å². The van der Waals surface area contributed by atoms with Gasteiger partial charge in [0.05, 0.1) is 6.42 Å². The van der Waals surface area contributed by atoms with E-state index in [0.717, 1.165) is 22.5 Å². The first-order valence-electron chi connectivity index (χ1n) is 5.69. The van der Waals surface area contributed by atoms with Crippen molar-refractivity contribution in [2.75, 3.05) is 17.7 Å². The Kier molecular flexibility index (Phi) is 2.16. The monoisotopic (exact) mass is 243 g/mol. The van der Waals surface area contributed by atoms with E-state index >= 15 is 0 Å². The fraction of sp³-hybridized carbons (Fsp3) is 0.231. The van der Waals surface area contributed by atoms with Gasteiger partial charge < -0.3 is 15.1 Å². The van der Waals surface area contributed by atoms with E-state index in [-0.39, 0.29) is 11.9 Å². The van der Waals surface area contributed by atoms with Crippen molar-refractivity contribution < 1.29 is 9.21 Å². The minimum Gasteiger partial charge on any atom is -0.429 e. The Balaban J connectivity index is 2.09. The fourth-order valence-electron chi connectivity index (χ4n) is 2.30. The molecule has 18 heavy (non-hydrogen) atoms. The van der Waals surface area contributed by atoms with Crippen LogP contribution in [0.15, 0.2) is 22.6 Å². The van der Waals surface area contributed by atoms with Gasteiger partial charge in [0.25, 0.3) is 6.01 Å². The Hall–Kier alpha value is -2.30. The predicted octanol–water partition coefficient (Wildman–Crippen LogP) is 1.75. The van der Waals surface area contributed by atoms with Crippen molar-refractivity contribution in [1.82, 2.24) is 4.98 Å². The normalized spacial score (nSPS) is 14.1. The van der Waals surface area contributed by atoms with Crippen molar-refractivity contribution in [1.29, 1.82) is 0 Å². The van der Waals surface area contributed by atoms with Gasteiger partial charge in [0.1, 0.15) is 11.5 Å². The Morgan fingerprint density at radius 3 is 2.89 bits per heavy atom. The van der Waals surface area contributed by atoms with Gasteiger partial charge in [0.15, 0.2) is 0 Å². The maximum Gasteiger partial charge on any atom is 0.292 e. The van der Waals surface area contributed by atoms with Crippen LogP contribution in [-0.4, -0.2) is 17.9 Å². The summed E-state index contributed by atoms with van der Waals surface area (Å²) in [5, 5.41) is 0. The average Bonchev–Trinajstić information content (AvgIpc) is 2.80. The molecule has 0 aliphatic carbocycles. The third kappa shape index (κ3) is 1.48. The lowest BCUT2D eigenvalue weighted by Crippen LogP contribution is -2.20. The van der Waals surface area contributed by atoms with Crippen LogP contribution < -0.4 is 10.6 Å². The smallest absolute Gasteiger partial charge is 0.292 e. The van der Waals surface area contributed by atoms with E-state index < -0.39 is 0 Å². The van der Waals surface area contributed by atoms with E-state index in [1.165, 1.54) is 0 Å². The van der Waals surface area contributed by atoms with Crippen LogP contribution in [0, 0.1) is 6.92 Å². The first-order chi connectivity index (χ1) is 8.56. The molecule has 0 saturated carbocycles. The zero-order valence-electron chi connectivity index (χ0n) is 10.2. The van der Waals surface area contributed by atoms with E-state index in [4.69, 9.17) is 10.2 Å². The maximum atomic E-state index is 11.6. The second-order valence-electron chi connectivity index (χ2n) is 4.43. The summed E-state index contributed by atoms with van der Waals surface area (Å²) in [4.78, 5) is 17.4. The van der Waals surface area contributed by atoms with Gasteiger partial charge in [-0.05, 0) is 24.6 Å². The number of nitrogens with two attached hydrogens (primary N) is 1. The number of likely N-dealkylation sites (N-methyl/N-ethyl adjacent to an activating group) is 1. The van der Waals surface area contributed by atoms with Crippen LogP contribution in [-0.2, 0) is 11.2 Å². The number of rotatable bonds is 1. The van der Waals surface area contributed by atoms with Gasteiger partial charge in [-0.2, -0.15) is 4.98 Å². The van der Waals surface area contributed by atoms with E-state index in [1.807, 2.05) is 25.1 Å². The standard InChI is InChI=1S/C13H13N3O2/c1-7-12(15-13(14)18-7)8-3-4-10-9(5-8)6-11(17)16(10)2/h3-5H,6H2,1-2H3,(H2,14,15). The number of fused-ring (bicyclic) bond motifs is 1. The van der Waals surface area contributed by atoms with Crippen molar-refractivity contribution in [3.05, 3.63) is 29.5 Å². The zero-order chi connectivity index (χ0) is 12.9. The second kappa shape index (κ2) is 3.60. The number of aromatic nitrogens is 1. The molecule has 3 rings (SSSR count). The number of carbonyl (C=O) groups excluding carboxylic acids is 1. The lowest BCUT2D eigenvalue weighted by atomic mass is 10.1. The number of nitrogen functional groups attached to an aromatic ring is 1. The molecule has 0 unspecified atom stereocenters. The van der Waals surface area contributed by atoms with Crippen LogP contribution in [0.1, 0.15) is 11.3 Å². The highest BCUT2D eigenvalue weighted by Gasteiger charge is 2.24. The predicted molar refractivity (Wildman–Crippen MR) is 68.2 cm³/mol. The number of amides is 1. The van der Waals surface area contributed by atoms with Gasteiger partial charge in [0.2, 0.25) is 5.91 Å². The quantitative estimate of drug-likeness (QED) is 0.828. The summed E-state index contributed by atoms with van der Waals surface area (Å²) in [6.07, 6.45) is 0.437. The minimum atomic E-state index is 0.110. The number of carbonyl (C=O) groups is 1. The summed E-state index contributed by atoms with van der Waals surface area (Å²) in [5.41, 5.74) is 9.16. The second-order valence-corrected chi connectivity index (χ2v) is 4.43. The lowest BCUT2D eigenvalue weighted by molar-refractivity contribution is -0.117. The molecule has 0 fully saturated rings. The number of anilines is 2. The van der Waals surface area contributed by atoms with Crippen molar-refractivity contribution in [2.45, 2.75) is 13.3 Å². The van der Waals surface area contributed by atoms with Gasteiger partial charge in [-0.15, -0.1) is 0 Å². The van der Waals surface area contributed by atoms with Crippen LogP contribution in [0.25, 0.3) is 11.3 Å². The molecule has 0 bridgehead atoms. The average molecular weight is 243 g/mol. The van der Waals surface area contributed by atoms with Crippen LogP contribution in [0.2, 0.25) is 0 Å². The van der Waals surface area contributed by atoms with Crippen LogP contribution in [0.4, 0.5) is 11.7 Å². The molecule has 2 heterocycles. The molecule has 1 aliphatic heterocycles. The van der Waals surface area contributed by atoms with Crippen LogP contribution >= 0.6 is 0 Å². The van der Waals surface area contributed by atoms with E-state index in [9.17, 15) is 4.79 Å². The van der Waals surface area contributed by atoms with Crippen molar-refractivity contribution in [3.8, 4) is 11.3 Å². The summed E-state index contributed by atoms with van der Waals surface area (Å²) >= 11 is 0. The molecule has 2 aromatic rings. The summed E-state index contributed by atoms with van der Waals surface area (Å²) < 4.78 is 5.22. The van der Waals surface area contributed by atoms with Gasteiger partial charge in [-0.1, -0.05) is 6.07 Å². The molecular weight excluding hydrogens is 230 g/mol. The number of oxazole rings is 1. The molecule has 1 aromatic heterocycles. The third-order valence-corrected chi connectivity index (χ3v) is 3.24. The highest BCUT2D eigenvalue weighted by atomic mass is 16.4. The first-order valence-corrected chi connectivity index (χ1v) is 5.69. The van der Waals surface area contributed by atoms with Crippen molar-refractivity contribution >= 4 is 17.6 Å². The molecule has 0 saturated heterocycles. The zero-order valence-corrected chi connectivity index (χ0v) is 10.2. The molecular formula is C13H13N3O2. The summed E-state index contributed by atoms with van der Waals surface area (Å²) in [6, 6.07) is 6.00. The fourth-order valence-corrected chi connectivity index (χ4v) is 2.30. The van der Waals surface area contributed by atoms with Crippen LogP contribution in [0.5, 0.6) is 0 Å². The van der Waals surface area contributed by atoms with Crippen molar-refractivity contribution in [3.63, 3.8) is 0 Å². The molecule has 1 aromatic carbocycles. The summed E-state index contributed by atoms with van der Waals surface area (Å²) in [5.74, 6) is 0.795. The third-order valence-electron chi connectivity index (χ3n) is 3.24. The first kappa shape index (κ1) is 10.8. The van der Waals surface area contributed by atoms with E-state index in [2.05, 4.69) is 4.98 Å². The van der Waals surface area contributed by atoms with Gasteiger partial charge >= 0.3 is 0 Å². The van der Waals surface area contributed by atoms with Crippen LogP contribution in [0.3, 0.4) is 0 Å². The summed E-state index contributed by atoms with van der Waals surface area (Å²) in [6.45, 7) is 1.82. The van der Waals surface area contributed by atoms with Gasteiger partial charge in [-0.25, -0.2) is 0 Å². The van der Waals surface area contributed by atoms with E-state index in [0.29, 0.717) is 12.2 Å². The Morgan fingerprint density at radius 2 is 2.22 bits per heavy atom. The van der Waals surface area contributed by atoms with Gasteiger partial charge in [0, 0.05) is 18.3 Å². The Labute approximate surface area is 104 Å². The lowest BCUT2D eigenvalue weighted by Gasteiger charge is -2.09. The Morgan fingerprint density at radius 1 is 1.44 bits per heavy atom. The number of hydrogen-bond acceptors (Lipinski definition) is 4. The SMILES string of the molecule is Cc1oc(N)nc1-c1ccc2c(c1)CC(=O)N2C. The minimum absolute atomic E-state index is 0.110. The molecule has 92 valence electrons. The molecule has 0 spiro atoms.